The van der Waals surface area contributed by atoms with Crippen LogP contribution in [0.1, 0.15) is 36.7 Å². The average molecular weight is 298 g/mol. The predicted molar refractivity (Wildman–Crippen MR) is 87.8 cm³/mol. The Morgan fingerprint density at radius 3 is 2.68 bits per heavy atom. The van der Waals surface area contributed by atoms with E-state index in [2.05, 4.69) is 29.6 Å². The lowest BCUT2D eigenvalue weighted by Gasteiger charge is -2.10. The number of aromatic nitrogens is 3. The zero-order valence-electron chi connectivity index (χ0n) is 13.6. The third kappa shape index (κ3) is 2.47. The quantitative estimate of drug-likeness (QED) is 0.749. The second-order valence-corrected chi connectivity index (χ2v) is 6.23. The van der Waals surface area contributed by atoms with E-state index < -0.39 is 0 Å². The summed E-state index contributed by atoms with van der Waals surface area (Å²) < 4.78 is 7.53. The fourth-order valence-electron chi connectivity index (χ4n) is 2.80. The van der Waals surface area contributed by atoms with E-state index in [0.29, 0.717) is 12.5 Å². The van der Waals surface area contributed by atoms with Gasteiger partial charge in [-0.3, -0.25) is 0 Å². The molecule has 1 aromatic carbocycles. The van der Waals surface area contributed by atoms with Crippen molar-refractivity contribution in [3.05, 3.63) is 41.0 Å². The fourth-order valence-corrected chi connectivity index (χ4v) is 2.80. The van der Waals surface area contributed by atoms with E-state index in [0.717, 1.165) is 46.0 Å². The van der Waals surface area contributed by atoms with Crippen LogP contribution in [0.4, 0.5) is 5.69 Å². The van der Waals surface area contributed by atoms with Gasteiger partial charge < -0.3 is 14.8 Å². The van der Waals surface area contributed by atoms with Crippen molar-refractivity contribution >= 4 is 16.7 Å². The van der Waals surface area contributed by atoms with E-state index in [1.165, 1.54) is 0 Å². The Balaban J connectivity index is 2.15. The molecule has 0 saturated heterocycles. The minimum Gasteiger partial charge on any atom is -0.397 e. The van der Waals surface area contributed by atoms with Gasteiger partial charge >= 0.3 is 0 Å². The Morgan fingerprint density at radius 2 is 2.05 bits per heavy atom. The van der Waals surface area contributed by atoms with Crippen molar-refractivity contribution in [2.75, 3.05) is 5.73 Å². The number of fused-ring (bicyclic) bond motifs is 1. The number of rotatable bonds is 4. The molecule has 5 heteroatoms. The van der Waals surface area contributed by atoms with Gasteiger partial charge in [0.2, 0.25) is 0 Å². The molecule has 0 saturated carbocycles. The van der Waals surface area contributed by atoms with Gasteiger partial charge in [0.1, 0.15) is 17.1 Å². The van der Waals surface area contributed by atoms with Crippen molar-refractivity contribution in [3.8, 4) is 0 Å². The Hall–Kier alpha value is -2.30. The van der Waals surface area contributed by atoms with Crippen LogP contribution < -0.4 is 5.73 Å². The van der Waals surface area contributed by atoms with E-state index in [-0.39, 0.29) is 0 Å². The number of hydrogen-bond donors (Lipinski definition) is 1. The normalized spacial score (nSPS) is 11.7. The largest absolute Gasteiger partial charge is 0.397 e. The molecule has 2 N–H and O–H groups in total. The smallest absolute Gasteiger partial charge is 0.138 e. The predicted octanol–water partition coefficient (Wildman–Crippen LogP) is 3.47. The first-order valence-corrected chi connectivity index (χ1v) is 7.62. The van der Waals surface area contributed by atoms with Crippen LogP contribution >= 0.6 is 0 Å². The molecule has 0 atom stereocenters. The summed E-state index contributed by atoms with van der Waals surface area (Å²) in [4.78, 5) is 4.78. The number of nitrogens with two attached hydrogens (primary N) is 1. The number of para-hydroxylation sites is 1. The third-order valence-electron chi connectivity index (χ3n) is 3.98. The van der Waals surface area contributed by atoms with Gasteiger partial charge in [-0.05, 0) is 31.9 Å². The molecule has 0 amide bonds. The van der Waals surface area contributed by atoms with Gasteiger partial charge in [-0.2, -0.15) is 0 Å². The minimum absolute atomic E-state index is 0.529. The van der Waals surface area contributed by atoms with Gasteiger partial charge in [0, 0.05) is 12.0 Å². The highest BCUT2D eigenvalue weighted by Crippen LogP contribution is 2.25. The van der Waals surface area contributed by atoms with Crippen LogP contribution in [-0.4, -0.2) is 14.7 Å². The van der Waals surface area contributed by atoms with Gasteiger partial charge in [0.15, 0.2) is 0 Å². The summed E-state index contributed by atoms with van der Waals surface area (Å²) in [5.41, 5.74) is 10.8. The first-order valence-electron chi connectivity index (χ1n) is 7.62. The maximum Gasteiger partial charge on any atom is 0.138 e. The highest BCUT2D eigenvalue weighted by molar-refractivity contribution is 5.87. The number of benzene rings is 1. The molecule has 3 rings (SSSR count). The van der Waals surface area contributed by atoms with Crippen molar-refractivity contribution in [2.45, 2.75) is 40.7 Å². The number of hydrogen-bond acceptors (Lipinski definition) is 4. The van der Waals surface area contributed by atoms with Crippen LogP contribution in [-0.2, 0) is 13.0 Å². The lowest BCUT2D eigenvalue weighted by molar-refractivity contribution is 0.392. The van der Waals surface area contributed by atoms with Gasteiger partial charge in [-0.1, -0.05) is 25.1 Å². The second kappa shape index (κ2) is 5.48. The summed E-state index contributed by atoms with van der Waals surface area (Å²) in [5.74, 6) is 2.45. The molecule has 2 aromatic heterocycles. The first kappa shape index (κ1) is 14.6. The second-order valence-electron chi connectivity index (χ2n) is 6.23. The molecular formula is C17H22N4O. The zero-order chi connectivity index (χ0) is 15.9. The highest BCUT2D eigenvalue weighted by atomic mass is 16.5. The molecule has 0 unspecified atom stereocenters. The van der Waals surface area contributed by atoms with E-state index >= 15 is 0 Å². The summed E-state index contributed by atoms with van der Waals surface area (Å²) in [6.45, 7) is 9.03. The molecule has 0 spiro atoms. The molecule has 22 heavy (non-hydrogen) atoms. The average Bonchev–Trinajstić information content (AvgIpc) is 2.95. The van der Waals surface area contributed by atoms with E-state index in [1.54, 1.807) is 0 Å². The van der Waals surface area contributed by atoms with Crippen LogP contribution in [0.25, 0.3) is 11.0 Å². The number of nitrogen functional groups attached to an aromatic ring is 1. The van der Waals surface area contributed by atoms with Crippen LogP contribution in [0.5, 0.6) is 0 Å². The highest BCUT2D eigenvalue weighted by Gasteiger charge is 2.17. The van der Waals surface area contributed by atoms with Gasteiger partial charge in [-0.15, -0.1) is 0 Å². The van der Waals surface area contributed by atoms with Gasteiger partial charge in [-0.25, -0.2) is 4.98 Å². The Labute approximate surface area is 130 Å². The Morgan fingerprint density at radius 1 is 1.27 bits per heavy atom. The molecule has 116 valence electrons. The van der Waals surface area contributed by atoms with Crippen LogP contribution in [0.3, 0.4) is 0 Å². The monoisotopic (exact) mass is 298 g/mol. The zero-order valence-corrected chi connectivity index (χ0v) is 13.6. The van der Waals surface area contributed by atoms with Gasteiger partial charge in [0.25, 0.3) is 0 Å². The van der Waals surface area contributed by atoms with Crippen molar-refractivity contribution in [3.63, 3.8) is 0 Å². The van der Waals surface area contributed by atoms with Crippen molar-refractivity contribution in [2.24, 2.45) is 5.92 Å². The maximum atomic E-state index is 6.10. The Kier molecular flexibility index (Phi) is 3.64. The number of nitrogens with zero attached hydrogens (tertiary/aromatic N) is 3. The van der Waals surface area contributed by atoms with E-state index in [9.17, 15) is 0 Å². The van der Waals surface area contributed by atoms with Crippen molar-refractivity contribution in [1.29, 1.82) is 0 Å². The third-order valence-corrected chi connectivity index (χ3v) is 3.98. The lowest BCUT2D eigenvalue weighted by atomic mass is 10.1. The minimum atomic E-state index is 0.529. The summed E-state index contributed by atoms with van der Waals surface area (Å²) in [5, 5.41) is 4.05. The summed E-state index contributed by atoms with van der Waals surface area (Å²) >= 11 is 0. The van der Waals surface area contributed by atoms with Crippen LogP contribution in [0.2, 0.25) is 0 Å². The topological polar surface area (TPSA) is 69.9 Å². The molecule has 5 nitrogen and oxygen atoms in total. The van der Waals surface area contributed by atoms with Crippen molar-refractivity contribution in [1.82, 2.24) is 14.7 Å². The summed E-state index contributed by atoms with van der Waals surface area (Å²) in [6.07, 6.45) is 0.914. The van der Waals surface area contributed by atoms with Crippen LogP contribution in [0.15, 0.2) is 22.7 Å². The fraction of sp³-hybridized carbons (Fsp3) is 0.412. The maximum absolute atomic E-state index is 6.10. The van der Waals surface area contributed by atoms with Crippen LogP contribution in [0, 0.1) is 19.8 Å². The first-order chi connectivity index (χ1) is 10.5. The molecule has 3 aromatic rings. The molecule has 0 bridgehead atoms. The Bertz CT molecular complexity index is 794. The number of aryl methyl sites for hydroxylation is 2. The standard InChI is InChI=1S/C17H22N4O/c1-10(2)8-16-19-17-14(18)6-5-7-15(17)21(16)9-13-11(3)20-22-12(13)4/h5-7,10H,8-9,18H2,1-4H3. The SMILES string of the molecule is Cc1noc(C)c1Cn1c(CC(C)C)nc2c(N)cccc21. The summed E-state index contributed by atoms with van der Waals surface area (Å²) in [6, 6.07) is 5.94. The molecule has 2 heterocycles. The molecule has 0 aliphatic carbocycles. The number of imidazole rings is 1. The molecule has 0 aliphatic rings. The van der Waals surface area contributed by atoms with E-state index in [1.807, 2.05) is 26.0 Å². The molecule has 0 fully saturated rings. The summed E-state index contributed by atoms with van der Waals surface area (Å²) in [7, 11) is 0. The lowest BCUT2D eigenvalue weighted by Crippen LogP contribution is -2.09. The van der Waals surface area contributed by atoms with E-state index in [4.69, 9.17) is 15.2 Å². The van der Waals surface area contributed by atoms with Crippen molar-refractivity contribution < 1.29 is 4.52 Å². The van der Waals surface area contributed by atoms with Gasteiger partial charge in [0.05, 0.1) is 23.4 Å². The molecule has 0 aliphatic heterocycles. The molecule has 0 radical (unpaired) electrons. The molecular weight excluding hydrogens is 276 g/mol. The number of anilines is 1.